The fourth-order valence-electron chi connectivity index (χ4n) is 4.71. The van der Waals surface area contributed by atoms with E-state index in [4.69, 9.17) is 16.3 Å². The van der Waals surface area contributed by atoms with Crippen LogP contribution in [0.2, 0.25) is 5.02 Å². The van der Waals surface area contributed by atoms with Gasteiger partial charge in [0.05, 0.1) is 6.10 Å². The Bertz CT molecular complexity index is 1110. The molecular formula is C29H33Cl2NO3. The number of carbonyl (C=O) groups excluding carboxylic acids is 1. The maximum absolute atomic E-state index is 11.4. The number of halogens is 2. The largest absolute Gasteiger partial charge is 0.486 e. The second-order valence-corrected chi connectivity index (χ2v) is 9.59. The molecule has 1 N–H and O–H groups in total. The first-order chi connectivity index (χ1) is 16.5. The molecule has 0 bridgehead atoms. The molecule has 0 unspecified atom stereocenters. The van der Waals surface area contributed by atoms with Crippen molar-refractivity contribution < 1.29 is 14.6 Å². The Hall–Kier alpha value is -2.37. The molecule has 186 valence electrons. The van der Waals surface area contributed by atoms with Gasteiger partial charge >= 0.3 is 0 Å². The van der Waals surface area contributed by atoms with Gasteiger partial charge in [-0.25, -0.2) is 0 Å². The van der Waals surface area contributed by atoms with Gasteiger partial charge in [0.25, 0.3) is 0 Å². The summed E-state index contributed by atoms with van der Waals surface area (Å²) in [7, 11) is 0. The van der Waals surface area contributed by atoms with Crippen LogP contribution in [0.25, 0.3) is 0 Å². The first-order valence-corrected chi connectivity index (χ1v) is 12.3. The second-order valence-electron chi connectivity index (χ2n) is 9.16. The zero-order valence-electron chi connectivity index (χ0n) is 20.0. The van der Waals surface area contributed by atoms with Crippen molar-refractivity contribution in [1.29, 1.82) is 0 Å². The third kappa shape index (κ3) is 7.81. The molecule has 0 spiro atoms. The van der Waals surface area contributed by atoms with E-state index in [1.165, 1.54) is 23.6 Å². The van der Waals surface area contributed by atoms with Crippen LogP contribution in [0.15, 0.2) is 72.8 Å². The van der Waals surface area contributed by atoms with Crippen molar-refractivity contribution in [2.24, 2.45) is 0 Å². The Balaban J connectivity index is 0.00000342. The summed E-state index contributed by atoms with van der Waals surface area (Å²) in [6, 6.07) is 24.4. The maximum Gasteiger partial charge on any atom is 0.167 e. The SMILES string of the molecule is CC(=O)COc1ccc2c(c1)C[C@@H](N(Cc1ccccc1)C[C@H](O)c1cccc(Cl)c1)CCC2.Cl. The van der Waals surface area contributed by atoms with Crippen LogP contribution in [0.1, 0.15) is 48.1 Å². The highest BCUT2D eigenvalue weighted by Crippen LogP contribution is 2.29. The predicted molar refractivity (Wildman–Crippen MR) is 144 cm³/mol. The lowest BCUT2D eigenvalue weighted by Crippen LogP contribution is -2.39. The van der Waals surface area contributed by atoms with E-state index in [1.54, 1.807) is 0 Å². The topological polar surface area (TPSA) is 49.8 Å². The monoisotopic (exact) mass is 513 g/mol. The van der Waals surface area contributed by atoms with Gasteiger partial charge in [-0.05, 0) is 79.1 Å². The number of fused-ring (bicyclic) bond motifs is 1. The fourth-order valence-corrected chi connectivity index (χ4v) is 4.91. The number of benzene rings is 3. The molecule has 35 heavy (non-hydrogen) atoms. The Labute approximate surface area is 219 Å². The number of aliphatic hydroxyl groups excluding tert-OH is 1. The standard InChI is InChI=1S/C29H32ClNO3.ClH/c1-21(32)20-34-28-14-13-23-9-6-12-27(16-25(23)17-28)31(18-22-7-3-2-4-8-22)19-29(33)24-10-5-11-26(30)15-24;/h2-5,7-8,10-11,13-15,17,27,29,33H,6,9,12,16,18-20H2,1H3;1H/t27-,29-;/m0./s1. The predicted octanol–water partition coefficient (Wildman–Crippen LogP) is 6.21. The molecule has 0 saturated heterocycles. The van der Waals surface area contributed by atoms with Crippen molar-refractivity contribution in [2.75, 3.05) is 13.2 Å². The number of hydrogen-bond acceptors (Lipinski definition) is 4. The average Bonchev–Trinajstić information content (AvgIpc) is 3.05. The minimum Gasteiger partial charge on any atom is -0.486 e. The molecule has 4 nitrogen and oxygen atoms in total. The summed E-state index contributed by atoms with van der Waals surface area (Å²) < 4.78 is 5.68. The summed E-state index contributed by atoms with van der Waals surface area (Å²) in [4.78, 5) is 13.8. The zero-order chi connectivity index (χ0) is 23.9. The highest BCUT2D eigenvalue weighted by atomic mass is 35.5. The Morgan fingerprint density at radius 2 is 1.89 bits per heavy atom. The molecule has 0 aromatic heterocycles. The van der Waals surface area contributed by atoms with Gasteiger partial charge in [-0.3, -0.25) is 9.69 Å². The molecule has 1 aliphatic rings. The van der Waals surface area contributed by atoms with E-state index in [1.807, 2.05) is 36.4 Å². The van der Waals surface area contributed by atoms with Crippen molar-refractivity contribution in [1.82, 2.24) is 4.90 Å². The molecule has 3 aromatic rings. The van der Waals surface area contributed by atoms with Crippen molar-refractivity contribution in [3.05, 3.63) is 100 Å². The van der Waals surface area contributed by atoms with E-state index in [0.717, 1.165) is 43.5 Å². The summed E-state index contributed by atoms with van der Waals surface area (Å²) in [5.74, 6) is 0.750. The van der Waals surface area contributed by atoms with Crippen molar-refractivity contribution >= 4 is 29.8 Å². The highest BCUT2D eigenvalue weighted by Gasteiger charge is 2.26. The Morgan fingerprint density at radius 3 is 2.63 bits per heavy atom. The van der Waals surface area contributed by atoms with Gasteiger partial charge in [0, 0.05) is 24.2 Å². The Kier molecular flexibility index (Phi) is 10.2. The summed E-state index contributed by atoms with van der Waals surface area (Å²) in [6.07, 6.45) is 3.41. The van der Waals surface area contributed by atoms with Crippen LogP contribution in [0.5, 0.6) is 5.75 Å². The molecule has 0 radical (unpaired) electrons. The van der Waals surface area contributed by atoms with Crippen molar-refractivity contribution in [2.45, 2.75) is 51.3 Å². The smallest absolute Gasteiger partial charge is 0.167 e. The lowest BCUT2D eigenvalue weighted by molar-refractivity contribution is -0.118. The van der Waals surface area contributed by atoms with Crippen LogP contribution in [-0.2, 0) is 24.2 Å². The highest BCUT2D eigenvalue weighted by molar-refractivity contribution is 6.30. The second kappa shape index (κ2) is 13.1. The average molecular weight is 514 g/mol. The minimum absolute atomic E-state index is 0. The maximum atomic E-state index is 11.4. The number of aryl methyl sites for hydroxylation is 1. The number of aliphatic hydroxyl groups is 1. The van der Waals surface area contributed by atoms with E-state index in [0.29, 0.717) is 11.6 Å². The number of carbonyl (C=O) groups is 1. The molecular weight excluding hydrogens is 481 g/mol. The van der Waals surface area contributed by atoms with E-state index >= 15 is 0 Å². The number of ketones is 1. The van der Waals surface area contributed by atoms with E-state index in [-0.39, 0.29) is 30.8 Å². The first kappa shape index (κ1) is 27.2. The van der Waals surface area contributed by atoms with E-state index in [2.05, 4.69) is 41.3 Å². The number of hydrogen-bond donors (Lipinski definition) is 1. The minimum atomic E-state index is -0.629. The molecule has 0 saturated carbocycles. The van der Waals surface area contributed by atoms with Crippen LogP contribution < -0.4 is 4.74 Å². The van der Waals surface area contributed by atoms with E-state index in [9.17, 15) is 9.90 Å². The van der Waals surface area contributed by atoms with Gasteiger partial charge in [-0.15, -0.1) is 12.4 Å². The molecule has 0 heterocycles. The molecule has 4 rings (SSSR count). The molecule has 6 heteroatoms. The normalized spacial score (nSPS) is 16.1. The summed E-state index contributed by atoms with van der Waals surface area (Å²) in [5.41, 5.74) is 4.66. The van der Waals surface area contributed by atoms with Crippen LogP contribution in [0.4, 0.5) is 0 Å². The van der Waals surface area contributed by atoms with Gasteiger partial charge in [0.1, 0.15) is 12.4 Å². The van der Waals surface area contributed by atoms with Gasteiger partial charge in [0.15, 0.2) is 5.78 Å². The van der Waals surface area contributed by atoms with Crippen LogP contribution in [0, 0.1) is 0 Å². The van der Waals surface area contributed by atoms with Crippen LogP contribution in [-0.4, -0.2) is 35.0 Å². The zero-order valence-corrected chi connectivity index (χ0v) is 21.6. The lowest BCUT2D eigenvalue weighted by atomic mass is 9.99. The fraction of sp³-hybridized carbons (Fsp3) is 0.345. The first-order valence-electron chi connectivity index (χ1n) is 11.9. The van der Waals surface area contributed by atoms with Crippen LogP contribution in [0.3, 0.4) is 0 Å². The van der Waals surface area contributed by atoms with Crippen molar-refractivity contribution in [3.8, 4) is 5.75 Å². The lowest BCUT2D eigenvalue weighted by Gasteiger charge is -2.33. The number of ether oxygens (including phenoxy) is 1. The van der Waals surface area contributed by atoms with Crippen molar-refractivity contribution in [3.63, 3.8) is 0 Å². The van der Waals surface area contributed by atoms with Gasteiger partial charge < -0.3 is 9.84 Å². The molecule has 1 aliphatic carbocycles. The molecule has 2 atom stereocenters. The summed E-state index contributed by atoms with van der Waals surface area (Å²) in [6.45, 7) is 2.91. The number of Topliss-reactive ketones (excluding diaryl/α,β-unsaturated/α-hetero) is 1. The number of nitrogens with zero attached hydrogens (tertiary/aromatic N) is 1. The van der Waals surface area contributed by atoms with Gasteiger partial charge in [-0.2, -0.15) is 0 Å². The number of rotatable bonds is 9. The van der Waals surface area contributed by atoms with Gasteiger partial charge in [-0.1, -0.05) is 60.1 Å². The van der Waals surface area contributed by atoms with Crippen LogP contribution >= 0.6 is 24.0 Å². The third-order valence-electron chi connectivity index (χ3n) is 6.44. The molecule has 0 amide bonds. The third-order valence-corrected chi connectivity index (χ3v) is 6.68. The summed E-state index contributed by atoms with van der Waals surface area (Å²) in [5, 5.41) is 11.7. The quantitative estimate of drug-likeness (QED) is 0.345. The molecule has 0 fully saturated rings. The van der Waals surface area contributed by atoms with Gasteiger partial charge in [0.2, 0.25) is 0 Å². The molecule has 0 aliphatic heterocycles. The Morgan fingerprint density at radius 1 is 1.09 bits per heavy atom. The summed E-state index contributed by atoms with van der Waals surface area (Å²) >= 11 is 6.18. The molecule has 3 aromatic carbocycles. The van der Waals surface area contributed by atoms with E-state index < -0.39 is 6.10 Å².